The van der Waals surface area contributed by atoms with Crippen LogP contribution in [0.5, 0.6) is 0 Å². The van der Waals surface area contributed by atoms with E-state index in [1.807, 2.05) is 0 Å². The van der Waals surface area contributed by atoms with E-state index >= 15 is 0 Å². The Kier molecular flexibility index (Phi) is 5.31. The molecule has 0 radical (unpaired) electrons. The molecule has 1 unspecified atom stereocenters. The number of unbranched alkanes of at least 4 members (excludes halogenated alkanes) is 2. The molecule has 0 bridgehead atoms. The molecule has 1 aromatic rings. The van der Waals surface area contributed by atoms with Gasteiger partial charge in [0.2, 0.25) is 11.8 Å². The van der Waals surface area contributed by atoms with E-state index in [9.17, 15) is 14.0 Å². The first-order chi connectivity index (χ1) is 10.1. The maximum atomic E-state index is 12.9. The standard InChI is InChI=1S/C16H21FN2O2/c1-2-3-4-9-18-16(21)12-10-15(20)19(11-12)14-7-5-13(17)6-8-14/h5-8,12H,2-4,9-11H2,1H3,(H,18,21). The third kappa shape index (κ3) is 4.03. The quantitative estimate of drug-likeness (QED) is 0.819. The maximum Gasteiger partial charge on any atom is 0.227 e. The van der Waals surface area contributed by atoms with Gasteiger partial charge in [-0.05, 0) is 30.7 Å². The highest BCUT2D eigenvalue weighted by Crippen LogP contribution is 2.25. The lowest BCUT2D eigenvalue weighted by atomic mass is 10.1. The summed E-state index contributed by atoms with van der Waals surface area (Å²) in [5.74, 6) is -0.806. The van der Waals surface area contributed by atoms with Crippen molar-refractivity contribution in [2.24, 2.45) is 5.92 Å². The molecule has 0 aromatic heterocycles. The van der Waals surface area contributed by atoms with Gasteiger partial charge in [-0.3, -0.25) is 9.59 Å². The zero-order valence-electron chi connectivity index (χ0n) is 12.3. The molecule has 1 aromatic carbocycles. The minimum Gasteiger partial charge on any atom is -0.356 e. The topological polar surface area (TPSA) is 49.4 Å². The summed E-state index contributed by atoms with van der Waals surface area (Å²) >= 11 is 0. The zero-order chi connectivity index (χ0) is 15.2. The van der Waals surface area contributed by atoms with Crippen LogP contribution in [0.2, 0.25) is 0 Å². The van der Waals surface area contributed by atoms with Crippen LogP contribution in [-0.4, -0.2) is 24.9 Å². The first-order valence-corrected chi connectivity index (χ1v) is 7.45. The first kappa shape index (κ1) is 15.5. The number of hydrogen-bond donors (Lipinski definition) is 1. The highest BCUT2D eigenvalue weighted by atomic mass is 19.1. The number of anilines is 1. The SMILES string of the molecule is CCCCCNC(=O)C1CC(=O)N(c2ccc(F)cc2)C1. The Bertz CT molecular complexity index is 502. The van der Waals surface area contributed by atoms with E-state index in [1.54, 1.807) is 17.0 Å². The number of amides is 2. The maximum absolute atomic E-state index is 12.9. The van der Waals surface area contributed by atoms with E-state index < -0.39 is 0 Å². The van der Waals surface area contributed by atoms with Gasteiger partial charge in [-0.1, -0.05) is 19.8 Å². The molecule has 4 nitrogen and oxygen atoms in total. The second-order valence-electron chi connectivity index (χ2n) is 5.38. The fourth-order valence-corrected chi connectivity index (χ4v) is 2.48. The third-order valence-corrected chi connectivity index (χ3v) is 3.71. The Morgan fingerprint density at radius 2 is 2.05 bits per heavy atom. The van der Waals surface area contributed by atoms with Gasteiger partial charge in [-0.15, -0.1) is 0 Å². The number of nitrogens with one attached hydrogen (secondary N) is 1. The van der Waals surface area contributed by atoms with Crippen molar-refractivity contribution in [1.29, 1.82) is 0 Å². The summed E-state index contributed by atoms with van der Waals surface area (Å²) in [4.78, 5) is 25.6. The van der Waals surface area contributed by atoms with Crippen LogP contribution in [0.3, 0.4) is 0 Å². The van der Waals surface area contributed by atoms with Crippen LogP contribution in [0.15, 0.2) is 24.3 Å². The van der Waals surface area contributed by atoms with Gasteiger partial charge in [0, 0.05) is 25.2 Å². The van der Waals surface area contributed by atoms with Gasteiger partial charge in [0.05, 0.1) is 5.92 Å². The number of halogens is 1. The molecule has 0 aliphatic carbocycles. The molecule has 1 aliphatic heterocycles. The van der Waals surface area contributed by atoms with Crippen molar-refractivity contribution >= 4 is 17.5 Å². The largest absolute Gasteiger partial charge is 0.356 e. The van der Waals surface area contributed by atoms with Gasteiger partial charge in [-0.25, -0.2) is 4.39 Å². The van der Waals surface area contributed by atoms with E-state index in [0.29, 0.717) is 18.8 Å². The number of carbonyl (C=O) groups is 2. The van der Waals surface area contributed by atoms with Crippen LogP contribution in [0.1, 0.15) is 32.6 Å². The molecule has 21 heavy (non-hydrogen) atoms. The van der Waals surface area contributed by atoms with Crippen molar-refractivity contribution in [2.45, 2.75) is 32.6 Å². The lowest BCUT2D eigenvalue weighted by molar-refractivity contribution is -0.126. The molecule has 2 amide bonds. The summed E-state index contributed by atoms with van der Waals surface area (Å²) in [5, 5.41) is 2.88. The van der Waals surface area contributed by atoms with Gasteiger partial charge in [0.1, 0.15) is 5.82 Å². The second kappa shape index (κ2) is 7.20. The Morgan fingerprint density at radius 1 is 1.33 bits per heavy atom. The lowest BCUT2D eigenvalue weighted by Crippen LogP contribution is -2.33. The summed E-state index contributed by atoms with van der Waals surface area (Å²) in [6, 6.07) is 5.77. The Labute approximate surface area is 124 Å². The van der Waals surface area contributed by atoms with Gasteiger partial charge >= 0.3 is 0 Å². The van der Waals surface area contributed by atoms with Crippen LogP contribution < -0.4 is 10.2 Å². The average Bonchev–Trinajstić information content (AvgIpc) is 2.86. The minimum atomic E-state index is -0.337. The highest BCUT2D eigenvalue weighted by molar-refractivity contribution is 6.00. The lowest BCUT2D eigenvalue weighted by Gasteiger charge is -2.16. The van der Waals surface area contributed by atoms with Gasteiger partial charge < -0.3 is 10.2 Å². The second-order valence-corrected chi connectivity index (χ2v) is 5.38. The van der Waals surface area contributed by atoms with Crippen molar-refractivity contribution in [3.8, 4) is 0 Å². The summed E-state index contributed by atoms with van der Waals surface area (Å²) in [6.45, 7) is 3.13. The average molecular weight is 292 g/mol. The Hall–Kier alpha value is -1.91. The molecule has 114 valence electrons. The van der Waals surface area contributed by atoms with Crippen LogP contribution >= 0.6 is 0 Å². The number of rotatable bonds is 6. The molecule has 1 atom stereocenters. The number of benzene rings is 1. The van der Waals surface area contributed by atoms with Gasteiger partial charge in [-0.2, -0.15) is 0 Å². The normalized spacial score (nSPS) is 18.1. The molecule has 1 saturated heterocycles. The predicted molar refractivity (Wildman–Crippen MR) is 79.4 cm³/mol. The van der Waals surface area contributed by atoms with Crippen molar-refractivity contribution in [3.05, 3.63) is 30.1 Å². The fraction of sp³-hybridized carbons (Fsp3) is 0.500. The van der Waals surface area contributed by atoms with E-state index in [-0.39, 0.29) is 30.0 Å². The molecule has 1 N–H and O–H groups in total. The fourth-order valence-electron chi connectivity index (χ4n) is 2.48. The molecule has 0 spiro atoms. The van der Waals surface area contributed by atoms with E-state index in [2.05, 4.69) is 12.2 Å². The van der Waals surface area contributed by atoms with E-state index in [4.69, 9.17) is 0 Å². The minimum absolute atomic E-state index is 0.0657. The molecule has 1 fully saturated rings. The predicted octanol–water partition coefficient (Wildman–Crippen LogP) is 2.49. The zero-order valence-corrected chi connectivity index (χ0v) is 12.3. The molecular formula is C16H21FN2O2. The number of hydrogen-bond acceptors (Lipinski definition) is 2. The van der Waals surface area contributed by atoms with Crippen molar-refractivity contribution < 1.29 is 14.0 Å². The summed E-state index contributed by atoms with van der Waals surface area (Å²) in [5.41, 5.74) is 0.641. The monoisotopic (exact) mass is 292 g/mol. The smallest absolute Gasteiger partial charge is 0.227 e. The summed E-state index contributed by atoms with van der Waals surface area (Å²) < 4.78 is 12.9. The van der Waals surface area contributed by atoms with Gasteiger partial charge in [0.25, 0.3) is 0 Å². The van der Waals surface area contributed by atoms with Crippen LogP contribution in [0, 0.1) is 11.7 Å². The van der Waals surface area contributed by atoms with Crippen LogP contribution in [0.25, 0.3) is 0 Å². The Morgan fingerprint density at radius 3 is 2.71 bits per heavy atom. The molecule has 2 rings (SSSR count). The highest BCUT2D eigenvalue weighted by Gasteiger charge is 2.34. The number of nitrogens with zero attached hydrogens (tertiary/aromatic N) is 1. The van der Waals surface area contributed by atoms with E-state index in [1.165, 1.54) is 12.1 Å². The van der Waals surface area contributed by atoms with Crippen LogP contribution in [-0.2, 0) is 9.59 Å². The Balaban J connectivity index is 1.90. The molecule has 1 heterocycles. The van der Waals surface area contributed by atoms with Crippen molar-refractivity contribution in [3.63, 3.8) is 0 Å². The summed E-state index contributed by atoms with van der Waals surface area (Å²) in [6.07, 6.45) is 3.38. The van der Waals surface area contributed by atoms with Crippen molar-refractivity contribution in [2.75, 3.05) is 18.0 Å². The third-order valence-electron chi connectivity index (χ3n) is 3.71. The molecule has 1 aliphatic rings. The van der Waals surface area contributed by atoms with Crippen molar-refractivity contribution in [1.82, 2.24) is 5.32 Å². The molecule has 0 saturated carbocycles. The summed E-state index contributed by atoms with van der Waals surface area (Å²) in [7, 11) is 0. The molecule has 5 heteroatoms. The van der Waals surface area contributed by atoms with Gasteiger partial charge in [0.15, 0.2) is 0 Å². The van der Waals surface area contributed by atoms with E-state index in [0.717, 1.165) is 19.3 Å². The van der Waals surface area contributed by atoms with Crippen LogP contribution in [0.4, 0.5) is 10.1 Å². The first-order valence-electron chi connectivity index (χ1n) is 7.45. The number of carbonyl (C=O) groups excluding carboxylic acids is 2. The molecular weight excluding hydrogens is 271 g/mol.